The van der Waals surface area contributed by atoms with Crippen molar-refractivity contribution >= 4 is 98.6 Å². The predicted octanol–water partition coefficient (Wildman–Crippen LogP) is 14.1. The Balaban J connectivity index is 1.08. The van der Waals surface area contributed by atoms with Crippen LogP contribution >= 0.6 is 11.3 Å². The van der Waals surface area contributed by atoms with Crippen LogP contribution in [0, 0.1) is 0 Å². The number of hydrogen-bond donors (Lipinski definition) is 0. The van der Waals surface area contributed by atoms with Crippen molar-refractivity contribution in [3.63, 3.8) is 0 Å². The molecule has 0 radical (unpaired) electrons. The normalized spacial score (nSPS) is 12.2. The average molecular weight is 745 g/mol. The van der Waals surface area contributed by atoms with E-state index in [4.69, 9.17) is 0 Å². The number of hydrogen-bond acceptors (Lipinski definition) is 1. The molecule has 5 heteroatoms. The molecule has 0 aliphatic rings. The van der Waals surface area contributed by atoms with Crippen LogP contribution in [0.4, 0.5) is 0 Å². The van der Waals surface area contributed by atoms with E-state index in [9.17, 15) is 0 Å². The van der Waals surface area contributed by atoms with Gasteiger partial charge >= 0.3 is 0 Å². The van der Waals surface area contributed by atoms with Crippen molar-refractivity contribution in [1.82, 2.24) is 18.3 Å². The maximum absolute atomic E-state index is 2.48. The number of benzene rings is 8. The highest BCUT2D eigenvalue weighted by atomic mass is 32.1. The molecule has 0 fully saturated rings. The Kier molecular flexibility index (Phi) is 6.29. The molecule has 0 amide bonds. The SMILES string of the molecule is c1ccc(-n2c3ccccc3c3cc4c5ccccc5n(-c5ccc(-n6c7ccccc7c7cc8c9ccccc9n(-c9ccccc9)c8cc76)s5)c4cc32)cc1. The van der Waals surface area contributed by atoms with Gasteiger partial charge in [-0.2, -0.15) is 0 Å². The molecule has 0 unspecified atom stereocenters. The lowest BCUT2D eigenvalue weighted by atomic mass is 10.1. The number of thiophene rings is 1. The quantitative estimate of drug-likeness (QED) is 0.171. The zero-order valence-electron chi connectivity index (χ0n) is 30.7. The summed E-state index contributed by atoms with van der Waals surface area (Å²) in [5, 5.41) is 12.5. The van der Waals surface area contributed by atoms with E-state index < -0.39 is 0 Å². The van der Waals surface area contributed by atoms with Crippen LogP contribution in [-0.4, -0.2) is 18.3 Å². The van der Waals surface area contributed by atoms with Gasteiger partial charge < -0.3 is 18.3 Å². The Bertz CT molecular complexity index is 3500. The molecule has 5 heterocycles. The first-order valence-electron chi connectivity index (χ1n) is 19.4. The third-order valence-corrected chi connectivity index (χ3v) is 13.0. The van der Waals surface area contributed by atoms with Crippen molar-refractivity contribution in [2.24, 2.45) is 0 Å². The molecule has 0 spiro atoms. The van der Waals surface area contributed by atoms with E-state index in [1.807, 2.05) is 11.3 Å². The van der Waals surface area contributed by atoms with Gasteiger partial charge in [-0.05, 0) is 84.9 Å². The van der Waals surface area contributed by atoms with Crippen molar-refractivity contribution < 1.29 is 0 Å². The van der Waals surface area contributed by atoms with E-state index in [0.29, 0.717) is 0 Å². The molecule has 57 heavy (non-hydrogen) atoms. The first-order chi connectivity index (χ1) is 28.3. The molecule has 13 rings (SSSR count). The summed E-state index contributed by atoms with van der Waals surface area (Å²) in [6.45, 7) is 0. The van der Waals surface area contributed by atoms with Crippen LogP contribution in [0.1, 0.15) is 0 Å². The molecule has 266 valence electrons. The van der Waals surface area contributed by atoms with E-state index in [1.54, 1.807) is 0 Å². The van der Waals surface area contributed by atoms with Crippen molar-refractivity contribution in [3.8, 4) is 21.4 Å². The van der Waals surface area contributed by atoms with Gasteiger partial charge in [-0.15, -0.1) is 0 Å². The molecule has 0 aliphatic heterocycles. The largest absolute Gasteiger partial charge is 0.309 e. The van der Waals surface area contributed by atoms with Gasteiger partial charge in [0, 0.05) is 54.5 Å². The van der Waals surface area contributed by atoms with Gasteiger partial charge in [0.2, 0.25) is 0 Å². The lowest BCUT2D eigenvalue weighted by molar-refractivity contribution is 1.17. The number of fused-ring (bicyclic) bond motifs is 12. The molecule has 5 aromatic heterocycles. The van der Waals surface area contributed by atoms with Gasteiger partial charge in [0.25, 0.3) is 0 Å². The van der Waals surface area contributed by atoms with Gasteiger partial charge in [-0.3, -0.25) is 0 Å². The topological polar surface area (TPSA) is 19.7 Å². The van der Waals surface area contributed by atoms with Crippen LogP contribution in [0.25, 0.3) is 109 Å². The Morgan fingerprint density at radius 1 is 0.228 bits per heavy atom. The molecular weight excluding hydrogens is 713 g/mol. The molecule has 0 atom stereocenters. The monoisotopic (exact) mass is 744 g/mol. The molecule has 4 nitrogen and oxygen atoms in total. The summed E-state index contributed by atoms with van der Waals surface area (Å²) in [5.74, 6) is 0. The van der Waals surface area contributed by atoms with Gasteiger partial charge in [0.05, 0.1) is 44.1 Å². The molecule has 8 aromatic carbocycles. The van der Waals surface area contributed by atoms with E-state index in [2.05, 4.69) is 212 Å². The lowest BCUT2D eigenvalue weighted by Gasteiger charge is -2.09. The number of rotatable bonds is 4. The number of nitrogens with zero attached hydrogens (tertiary/aromatic N) is 4. The van der Waals surface area contributed by atoms with E-state index in [1.165, 1.54) is 97.2 Å². The fraction of sp³-hybridized carbons (Fsp3) is 0. The van der Waals surface area contributed by atoms with Gasteiger partial charge in [0.15, 0.2) is 0 Å². The zero-order chi connectivity index (χ0) is 37.2. The van der Waals surface area contributed by atoms with Crippen molar-refractivity contribution in [1.29, 1.82) is 0 Å². The summed E-state index contributed by atoms with van der Waals surface area (Å²) in [4.78, 5) is 0. The molecule has 13 aromatic rings. The summed E-state index contributed by atoms with van der Waals surface area (Å²) in [5.41, 5.74) is 12.0. The minimum absolute atomic E-state index is 1.16. The number of para-hydroxylation sites is 6. The third kappa shape index (κ3) is 4.26. The fourth-order valence-electron chi connectivity index (χ4n) is 9.61. The molecule has 0 saturated heterocycles. The third-order valence-electron chi connectivity index (χ3n) is 12.0. The Morgan fingerprint density at radius 3 is 0.895 bits per heavy atom. The van der Waals surface area contributed by atoms with E-state index in [0.717, 1.165) is 11.4 Å². The summed E-state index contributed by atoms with van der Waals surface area (Å²) in [7, 11) is 0. The zero-order valence-corrected chi connectivity index (χ0v) is 31.5. The summed E-state index contributed by atoms with van der Waals surface area (Å²) < 4.78 is 9.79. The molecule has 0 saturated carbocycles. The fourth-order valence-corrected chi connectivity index (χ4v) is 10.7. The summed E-state index contributed by atoms with van der Waals surface area (Å²) >= 11 is 1.84. The van der Waals surface area contributed by atoms with Crippen LogP contribution in [-0.2, 0) is 0 Å². The maximum atomic E-state index is 2.48. The lowest BCUT2D eigenvalue weighted by Crippen LogP contribution is -1.95. The smallest absolute Gasteiger partial charge is 0.102 e. The highest BCUT2D eigenvalue weighted by molar-refractivity contribution is 7.17. The number of aromatic nitrogens is 4. The first kappa shape index (κ1) is 30.9. The van der Waals surface area contributed by atoms with Crippen molar-refractivity contribution in [3.05, 3.63) is 194 Å². The van der Waals surface area contributed by atoms with Crippen LogP contribution in [0.2, 0.25) is 0 Å². The van der Waals surface area contributed by atoms with Gasteiger partial charge in [-0.25, -0.2) is 0 Å². The van der Waals surface area contributed by atoms with Gasteiger partial charge in [-0.1, -0.05) is 121 Å². The Morgan fingerprint density at radius 2 is 0.526 bits per heavy atom. The first-order valence-corrected chi connectivity index (χ1v) is 20.3. The average Bonchev–Trinajstić information content (AvgIpc) is 4.08. The van der Waals surface area contributed by atoms with Crippen LogP contribution in [0.15, 0.2) is 194 Å². The molecule has 0 bridgehead atoms. The van der Waals surface area contributed by atoms with Crippen LogP contribution < -0.4 is 0 Å². The molecule has 0 aliphatic carbocycles. The maximum Gasteiger partial charge on any atom is 0.102 e. The highest BCUT2D eigenvalue weighted by Crippen LogP contribution is 2.44. The predicted molar refractivity (Wildman–Crippen MR) is 242 cm³/mol. The second kappa shape index (κ2) is 11.6. The van der Waals surface area contributed by atoms with Crippen LogP contribution in [0.5, 0.6) is 0 Å². The highest BCUT2D eigenvalue weighted by Gasteiger charge is 2.22. The van der Waals surface area contributed by atoms with Crippen molar-refractivity contribution in [2.45, 2.75) is 0 Å². The minimum Gasteiger partial charge on any atom is -0.309 e. The summed E-state index contributed by atoms with van der Waals surface area (Å²) in [6.07, 6.45) is 0. The van der Waals surface area contributed by atoms with Crippen LogP contribution in [0.3, 0.4) is 0 Å². The standard InChI is InChI=1S/C52H32N4S/c1-3-15-33(16-4-1)53-43-23-11-7-19-35(43)39-29-41-37-21-9-13-25-45(37)55(49(41)31-47(39)53)51-27-28-52(57-51)56-46-26-14-10-22-38(46)42-30-40-36-20-8-12-24-44(36)54(48(40)32-50(42)56)34-17-5-2-6-18-34/h1-32H. The van der Waals surface area contributed by atoms with E-state index in [-0.39, 0.29) is 0 Å². The second-order valence-electron chi connectivity index (χ2n) is 15.0. The Labute approximate surface area is 330 Å². The Hall–Kier alpha value is -7.34. The van der Waals surface area contributed by atoms with Gasteiger partial charge in [0.1, 0.15) is 10.0 Å². The summed E-state index contributed by atoms with van der Waals surface area (Å²) in [6, 6.07) is 71.1. The van der Waals surface area contributed by atoms with E-state index >= 15 is 0 Å². The molecular formula is C52H32N4S. The minimum atomic E-state index is 1.16. The molecule has 0 N–H and O–H groups in total. The van der Waals surface area contributed by atoms with Crippen molar-refractivity contribution in [2.75, 3.05) is 0 Å². The second-order valence-corrected chi connectivity index (χ2v) is 16.0.